The molecule has 2 aliphatic heterocycles. The van der Waals surface area contributed by atoms with Gasteiger partial charge in [0.25, 0.3) is 11.8 Å². The second-order valence-corrected chi connectivity index (χ2v) is 7.92. The van der Waals surface area contributed by atoms with Gasteiger partial charge in [0.15, 0.2) is 11.4 Å². The van der Waals surface area contributed by atoms with Gasteiger partial charge in [-0.3, -0.25) is 24.1 Å². The minimum absolute atomic E-state index is 0.00754. The molecule has 1 saturated heterocycles. The molecule has 1 fully saturated rings. The minimum atomic E-state index is -1.08. The highest BCUT2D eigenvalue weighted by atomic mass is 19.1. The zero-order valence-electron chi connectivity index (χ0n) is 17.1. The molecule has 2 unspecified atom stereocenters. The van der Waals surface area contributed by atoms with Gasteiger partial charge in [0, 0.05) is 30.4 Å². The van der Waals surface area contributed by atoms with Crippen LogP contribution in [0.2, 0.25) is 0 Å². The summed E-state index contributed by atoms with van der Waals surface area (Å²) < 4.78 is 41.8. The highest BCUT2D eigenvalue weighted by Gasteiger charge is 2.40. The van der Waals surface area contributed by atoms with Gasteiger partial charge in [0.2, 0.25) is 5.43 Å². The molecule has 3 heterocycles. The fourth-order valence-corrected chi connectivity index (χ4v) is 4.04. The number of hydrogen-bond acceptors (Lipinski definition) is 5. The predicted molar refractivity (Wildman–Crippen MR) is 108 cm³/mol. The molecular weight excluding hydrogens is 429 g/mol. The lowest BCUT2D eigenvalue weighted by Gasteiger charge is -2.42. The zero-order valence-corrected chi connectivity index (χ0v) is 17.1. The van der Waals surface area contributed by atoms with Crippen LogP contribution >= 0.6 is 0 Å². The zero-order chi connectivity index (χ0) is 23.2. The van der Waals surface area contributed by atoms with Gasteiger partial charge in [-0.05, 0) is 25.8 Å². The number of nitrogens with zero attached hydrogens (tertiary/aromatic N) is 3. The predicted octanol–water partition coefficient (Wildman–Crippen LogP) is 1.63. The molecule has 2 aromatic rings. The molecule has 2 aliphatic rings. The molecule has 8 nitrogen and oxygen atoms in total. The first-order valence-electron chi connectivity index (χ1n) is 10.1. The van der Waals surface area contributed by atoms with E-state index in [9.17, 15) is 32.7 Å². The smallest absolute Gasteiger partial charge is 0.278 e. The van der Waals surface area contributed by atoms with Gasteiger partial charge >= 0.3 is 0 Å². The first-order valence-corrected chi connectivity index (χ1v) is 10.1. The van der Waals surface area contributed by atoms with Crippen LogP contribution in [0.5, 0.6) is 5.75 Å². The Balaban J connectivity index is 1.71. The lowest BCUT2D eigenvalue weighted by molar-refractivity contribution is 0.0625. The normalized spacial score (nSPS) is 20.1. The van der Waals surface area contributed by atoms with Crippen molar-refractivity contribution in [2.24, 2.45) is 0 Å². The van der Waals surface area contributed by atoms with Crippen LogP contribution in [0.25, 0.3) is 0 Å². The first-order chi connectivity index (χ1) is 15.2. The summed E-state index contributed by atoms with van der Waals surface area (Å²) in [6.07, 6.45) is 2.05. The monoisotopic (exact) mass is 450 g/mol. The van der Waals surface area contributed by atoms with Crippen LogP contribution in [0.1, 0.15) is 46.2 Å². The number of fused-ring (bicyclic) bond motifs is 4. The summed E-state index contributed by atoms with van der Waals surface area (Å²) in [6.45, 7) is 0.768. The number of hydrogen-bond donors (Lipinski definition) is 2. The van der Waals surface area contributed by atoms with Crippen LogP contribution in [0.15, 0.2) is 29.2 Å². The fraction of sp³-hybridized carbons (Fsp3) is 0.381. The average molecular weight is 450 g/mol. The van der Waals surface area contributed by atoms with Crippen molar-refractivity contribution in [2.75, 3.05) is 18.4 Å². The van der Waals surface area contributed by atoms with E-state index in [1.807, 2.05) is 0 Å². The van der Waals surface area contributed by atoms with E-state index in [0.717, 1.165) is 23.0 Å². The van der Waals surface area contributed by atoms with Gasteiger partial charge in [-0.1, -0.05) is 6.07 Å². The SMILES string of the molecule is CC1CCC(CF)N2CN1C(=O)c1c(O)c(=O)c(C(=O)NCc3ccc(F)cc3F)cn12. The number of rotatable bonds is 4. The Labute approximate surface area is 180 Å². The van der Waals surface area contributed by atoms with E-state index >= 15 is 0 Å². The average Bonchev–Trinajstić information content (AvgIpc) is 2.90. The molecule has 2 bridgehead atoms. The lowest BCUT2D eigenvalue weighted by atomic mass is 10.1. The number of halogens is 3. The van der Waals surface area contributed by atoms with Crippen molar-refractivity contribution in [3.63, 3.8) is 0 Å². The van der Waals surface area contributed by atoms with E-state index in [2.05, 4.69) is 5.32 Å². The van der Waals surface area contributed by atoms with Crippen molar-refractivity contribution in [2.45, 2.75) is 38.4 Å². The van der Waals surface area contributed by atoms with Crippen molar-refractivity contribution < 1.29 is 27.9 Å². The van der Waals surface area contributed by atoms with E-state index in [-0.39, 0.29) is 30.5 Å². The van der Waals surface area contributed by atoms with Crippen LogP contribution < -0.4 is 15.8 Å². The second-order valence-electron chi connectivity index (χ2n) is 7.92. The van der Waals surface area contributed by atoms with Crippen LogP contribution in [-0.2, 0) is 6.54 Å². The van der Waals surface area contributed by atoms with Gasteiger partial charge in [-0.2, -0.15) is 0 Å². The third-order valence-electron chi connectivity index (χ3n) is 5.95. The number of alkyl halides is 1. The van der Waals surface area contributed by atoms with Crippen LogP contribution in [0.4, 0.5) is 13.2 Å². The topological polar surface area (TPSA) is 94.9 Å². The highest BCUT2D eigenvalue weighted by Crippen LogP contribution is 2.29. The lowest BCUT2D eigenvalue weighted by Crippen LogP contribution is -2.58. The Hall–Kier alpha value is -3.50. The Morgan fingerprint density at radius 3 is 2.69 bits per heavy atom. The molecule has 1 aromatic heterocycles. The molecule has 1 aromatic carbocycles. The molecule has 0 radical (unpaired) electrons. The van der Waals surface area contributed by atoms with Gasteiger partial charge in [-0.15, -0.1) is 0 Å². The third-order valence-corrected chi connectivity index (χ3v) is 5.95. The van der Waals surface area contributed by atoms with Crippen molar-refractivity contribution in [1.82, 2.24) is 14.9 Å². The molecule has 32 heavy (non-hydrogen) atoms. The van der Waals surface area contributed by atoms with Gasteiger partial charge < -0.3 is 15.3 Å². The number of amides is 2. The molecule has 0 saturated carbocycles. The summed E-state index contributed by atoms with van der Waals surface area (Å²) in [6, 6.07) is 1.99. The van der Waals surface area contributed by atoms with Crippen molar-refractivity contribution in [1.29, 1.82) is 0 Å². The Kier molecular flexibility index (Phi) is 5.57. The largest absolute Gasteiger partial charge is 0.502 e. The van der Waals surface area contributed by atoms with E-state index in [0.29, 0.717) is 18.9 Å². The number of aromatic nitrogens is 1. The van der Waals surface area contributed by atoms with Crippen molar-refractivity contribution >= 4 is 11.8 Å². The third kappa shape index (κ3) is 3.57. The first kappa shape index (κ1) is 21.7. The van der Waals surface area contributed by atoms with Gasteiger partial charge in [0.1, 0.15) is 30.5 Å². The summed E-state index contributed by atoms with van der Waals surface area (Å²) in [5, 5.41) is 14.4. The van der Waals surface area contributed by atoms with Gasteiger partial charge in [0.05, 0.1) is 6.04 Å². The maximum absolute atomic E-state index is 13.8. The Morgan fingerprint density at radius 2 is 2.00 bits per heavy atom. The molecular formula is C21H21F3N4O4. The highest BCUT2D eigenvalue weighted by molar-refractivity contribution is 5.99. The quantitative estimate of drug-likeness (QED) is 0.739. The summed E-state index contributed by atoms with van der Waals surface area (Å²) in [4.78, 5) is 39.7. The van der Waals surface area contributed by atoms with Crippen molar-refractivity contribution in [3.8, 4) is 5.75 Å². The van der Waals surface area contributed by atoms with E-state index in [1.165, 1.54) is 9.91 Å². The number of nitrogens with one attached hydrogen (secondary N) is 1. The summed E-state index contributed by atoms with van der Waals surface area (Å²) in [5.41, 5.74) is -1.92. The van der Waals surface area contributed by atoms with Crippen molar-refractivity contribution in [3.05, 3.63) is 63.1 Å². The van der Waals surface area contributed by atoms with Crippen LogP contribution in [-0.4, -0.2) is 51.9 Å². The number of pyridine rings is 1. The molecule has 11 heteroatoms. The minimum Gasteiger partial charge on any atom is -0.502 e. The second kappa shape index (κ2) is 8.21. The molecule has 2 N–H and O–H groups in total. The van der Waals surface area contributed by atoms with Crippen LogP contribution in [0.3, 0.4) is 0 Å². The number of benzene rings is 1. The number of aromatic hydroxyl groups is 1. The van der Waals surface area contributed by atoms with E-state index in [1.54, 1.807) is 6.92 Å². The molecule has 2 amide bonds. The molecule has 2 atom stereocenters. The van der Waals surface area contributed by atoms with E-state index < -0.39 is 52.9 Å². The summed E-state index contributed by atoms with van der Waals surface area (Å²) in [7, 11) is 0. The number of carbonyl (C=O) groups excluding carboxylic acids is 2. The Morgan fingerprint density at radius 1 is 1.25 bits per heavy atom. The number of carbonyl (C=O) groups is 2. The van der Waals surface area contributed by atoms with E-state index in [4.69, 9.17) is 0 Å². The fourth-order valence-electron chi connectivity index (χ4n) is 4.04. The molecule has 0 aliphatic carbocycles. The maximum Gasteiger partial charge on any atom is 0.278 e. The molecule has 170 valence electrons. The molecule has 0 spiro atoms. The molecule has 4 rings (SSSR count). The van der Waals surface area contributed by atoms with Gasteiger partial charge in [-0.25, -0.2) is 13.2 Å². The maximum atomic E-state index is 13.8. The summed E-state index contributed by atoms with van der Waals surface area (Å²) in [5.74, 6) is -4.09. The summed E-state index contributed by atoms with van der Waals surface area (Å²) >= 11 is 0. The Bertz CT molecular complexity index is 1150. The van der Waals surface area contributed by atoms with Crippen LogP contribution in [0, 0.1) is 11.6 Å². The standard InChI is InChI=1S/C21H21F3N4O4/c1-11-2-5-14(7-22)28-10-26(11)21(32)17-19(30)18(29)15(9-27(17)28)20(31)25-8-12-3-4-13(23)6-16(12)24/h3-4,6,9,11,14,30H,2,5,7-8,10H2,1H3,(H,25,31).